The summed E-state index contributed by atoms with van der Waals surface area (Å²) < 4.78 is 0. The molecule has 0 saturated heterocycles. The highest BCUT2D eigenvalue weighted by molar-refractivity contribution is 5.18. The van der Waals surface area contributed by atoms with E-state index < -0.39 is 0 Å². The Labute approximate surface area is 69.1 Å². The van der Waals surface area contributed by atoms with Crippen LogP contribution in [0.3, 0.4) is 0 Å². The average Bonchev–Trinajstić information content (AvgIpc) is 2.08. The van der Waals surface area contributed by atoms with E-state index >= 15 is 0 Å². The van der Waals surface area contributed by atoms with Crippen LogP contribution in [-0.4, -0.2) is 11.2 Å². The summed E-state index contributed by atoms with van der Waals surface area (Å²) >= 11 is 0. The van der Waals surface area contributed by atoms with Gasteiger partial charge in [-0.2, -0.15) is 0 Å². The zero-order valence-electron chi connectivity index (χ0n) is 7.89. The largest absolute Gasteiger partial charge is 0.393 e. The van der Waals surface area contributed by atoms with Gasteiger partial charge in [0.25, 0.3) is 0 Å². The van der Waals surface area contributed by atoms with Gasteiger partial charge in [0.05, 0.1) is 6.10 Å². The standard InChI is InChI=1S/C10H18O/c1-7-5-6-9(8(2)11)10(7,3)4/h5,8-9,11H,6H2,1-4H3/t8?,9-/m1/s1. The third-order valence-electron chi connectivity index (χ3n) is 3.20. The summed E-state index contributed by atoms with van der Waals surface area (Å²) in [6.07, 6.45) is 3.10. The lowest BCUT2D eigenvalue weighted by atomic mass is 9.75. The molecule has 1 nitrogen and oxygen atoms in total. The monoisotopic (exact) mass is 154 g/mol. The molecule has 0 fully saturated rings. The third kappa shape index (κ3) is 1.34. The predicted molar refractivity (Wildman–Crippen MR) is 47.3 cm³/mol. The fourth-order valence-corrected chi connectivity index (χ4v) is 1.95. The Kier molecular flexibility index (Phi) is 2.10. The van der Waals surface area contributed by atoms with E-state index in [0.29, 0.717) is 5.92 Å². The van der Waals surface area contributed by atoms with Gasteiger partial charge in [-0.3, -0.25) is 0 Å². The molecule has 1 aliphatic carbocycles. The molecule has 0 heterocycles. The van der Waals surface area contributed by atoms with Crippen LogP contribution in [0.5, 0.6) is 0 Å². The van der Waals surface area contributed by atoms with E-state index in [1.165, 1.54) is 5.57 Å². The van der Waals surface area contributed by atoms with Crippen LogP contribution in [0.2, 0.25) is 0 Å². The molecule has 0 aromatic rings. The zero-order valence-corrected chi connectivity index (χ0v) is 7.89. The van der Waals surface area contributed by atoms with Gasteiger partial charge in [0, 0.05) is 0 Å². The molecule has 64 valence electrons. The van der Waals surface area contributed by atoms with Crippen molar-refractivity contribution in [1.29, 1.82) is 0 Å². The summed E-state index contributed by atoms with van der Waals surface area (Å²) in [5.74, 6) is 0.419. The Bertz CT molecular complexity index is 177. The molecule has 0 amide bonds. The Morgan fingerprint density at radius 2 is 2.18 bits per heavy atom. The van der Waals surface area contributed by atoms with Gasteiger partial charge in [-0.05, 0) is 31.6 Å². The summed E-state index contributed by atoms with van der Waals surface area (Å²) in [6.45, 7) is 8.47. The van der Waals surface area contributed by atoms with Crippen LogP contribution in [0, 0.1) is 11.3 Å². The molecule has 1 N–H and O–H groups in total. The second-order valence-electron chi connectivity index (χ2n) is 4.19. The molecule has 1 heteroatoms. The van der Waals surface area contributed by atoms with Crippen LogP contribution in [0.15, 0.2) is 11.6 Å². The maximum atomic E-state index is 9.47. The summed E-state index contributed by atoms with van der Waals surface area (Å²) in [5.41, 5.74) is 1.62. The summed E-state index contributed by atoms with van der Waals surface area (Å²) in [4.78, 5) is 0. The minimum atomic E-state index is -0.182. The van der Waals surface area contributed by atoms with Crippen molar-refractivity contribution in [2.45, 2.75) is 40.2 Å². The van der Waals surface area contributed by atoms with Crippen LogP contribution < -0.4 is 0 Å². The first kappa shape index (κ1) is 8.79. The number of rotatable bonds is 1. The number of hydrogen-bond donors (Lipinski definition) is 1. The maximum absolute atomic E-state index is 9.47. The van der Waals surface area contributed by atoms with Crippen molar-refractivity contribution in [3.63, 3.8) is 0 Å². The van der Waals surface area contributed by atoms with Crippen molar-refractivity contribution in [3.05, 3.63) is 11.6 Å². The summed E-state index contributed by atoms with van der Waals surface area (Å²) in [5, 5.41) is 9.47. The predicted octanol–water partition coefficient (Wildman–Crippen LogP) is 2.36. The molecular weight excluding hydrogens is 136 g/mol. The maximum Gasteiger partial charge on any atom is 0.0551 e. The van der Waals surface area contributed by atoms with Crippen molar-refractivity contribution in [2.24, 2.45) is 11.3 Å². The lowest BCUT2D eigenvalue weighted by molar-refractivity contribution is 0.0759. The lowest BCUT2D eigenvalue weighted by Gasteiger charge is -2.31. The SMILES string of the molecule is CC1=CC[C@H](C(C)O)C1(C)C. The van der Waals surface area contributed by atoms with Crippen molar-refractivity contribution >= 4 is 0 Å². The van der Waals surface area contributed by atoms with E-state index in [9.17, 15) is 5.11 Å². The minimum Gasteiger partial charge on any atom is -0.393 e. The van der Waals surface area contributed by atoms with Crippen LogP contribution in [0.1, 0.15) is 34.1 Å². The van der Waals surface area contributed by atoms with E-state index in [1.807, 2.05) is 6.92 Å². The first-order valence-corrected chi connectivity index (χ1v) is 4.31. The highest BCUT2D eigenvalue weighted by atomic mass is 16.3. The highest BCUT2D eigenvalue weighted by Gasteiger charge is 2.37. The number of hydrogen-bond acceptors (Lipinski definition) is 1. The lowest BCUT2D eigenvalue weighted by Crippen LogP contribution is -2.29. The first-order chi connectivity index (χ1) is 4.96. The number of aliphatic hydroxyl groups is 1. The fourth-order valence-electron chi connectivity index (χ4n) is 1.95. The van der Waals surface area contributed by atoms with E-state index in [1.54, 1.807) is 0 Å². The molecule has 2 atom stereocenters. The van der Waals surface area contributed by atoms with Crippen molar-refractivity contribution < 1.29 is 5.11 Å². The average molecular weight is 154 g/mol. The molecule has 0 spiro atoms. The second-order valence-corrected chi connectivity index (χ2v) is 4.19. The molecule has 0 aromatic carbocycles. The number of aliphatic hydroxyl groups excluding tert-OH is 1. The van der Waals surface area contributed by atoms with Gasteiger partial charge in [0.2, 0.25) is 0 Å². The topological polar surface area (TPSA) is 20.2 Å². The van der Waals surface area contributed by atoms with Crippen LogP contribution in [0.4, 0.5) is 0 Å². The second kappa shape index (κ2) is 2.63. The van der Waals surface area contributed by atoms with Gasteiger partial charge in [0.15, 0.2) is 0 Å². The first-order valence-electron chi connectivity index (χ1n) is 4.31. The molecular formula is C10H18O. The van der Waals surface area contributed by atoms with Gasteiger partial charge in [0.1, 0.15) is 0 Å². The van der Waals surface area contributed by atoms with E-state index in [0.717, 1.165) is 6.42 Å². The molecule has 0 saturated carbocycles. The molecule has 1 aliphatic rings. The van der Waals surface area contributed by atoms with E-state index in [4.69, 9.17) is 0 Å². The minimum absolute atomic E-state index is 0.182. The van der Waals surface area contributed by atoms with Gasteiger partial charge in [-0.25, -0.2) is 0 Å². The Hall–Kier alpha value is -0.300. The quantitative estimate of drug-likeness (QED) is 0.575. The molecule has 0 aliphatic heterocycles. The number of allylic oxidation sites excluding steroid dienone is 2. The van der Waals surface area contributed by atoms with Crippen molar-refractivity contribution in [2.75, 3.05) is 0 Å². The Morgan fingerprint density at radius 3 is 2.36 bits per heavy atom. The van der Waals surface area contributed by atoms with Crippen molar-refractivity contribution in [1.82, 2.24) is 0 Å². The molecule has 1 unspecified atom stereocenters. The molecule has 0 bridgehead atoms. The fraction of sp³-hybridized carbons (Fsp3) is 0.800. The van der Waals surface area contributed by atoms with Crippen LogP contribution >= 0.6 is 0 Å². The van der Waals surface area contributed by atoms with E-state index in [2.05, 4.69) is 26.8 Å². The smallest absolute Gasteiger partial charge is 0.0551 e. The highest BCUT2D eigenvalue weighted by Crippen LogP contribution is 2.44. The van der Waals surface area contributed by atoms with Crippen LogP contribution in [0.25, 0.3) is 0 Å². The zero-order chi connectivity index (χ0) is 8.65. The van der Waals surface area contributed by atoms with Gasteiger partial charge in [-0.1, -0.05) is 25.5 Å². The molecule has 11 heavy (non-hydrogen) atoms. The Balaban J connectivity index is 2.78. The third-order valence-corrected chi connectivity index (χ3v) is 3.20. The summed E-state index contributed by atoms with van der Waals surface area (Å²) in [6, 6.07) is 0. The van der Waals surface area contributed by atoms with Crippen LogP contribution in [-0.2, 0) is 0 Å². The molecule has 0 radical (unpaired) electrons. The Morgan fingerprint density at radius 1 is 1.64 bits per heavy atom. The normalized spacial score (nSPS) is 31.7. The molecule has 1 rings (SSSR count). The molecule has 0 aromatic heterocycles. The summed E-state index contributed by atoms with van der Waals surface area (Å²) in [7, 11) is 0. The van der Waals surface area contributed by atoms with Gasteiger partial charge >= 0.3 is 0 Å². The van der Waals surface area contributed by atoms with Gasteiger partial charge in [-0.15, -0.1) is 0 Å². The van der Waals surface area contributed by atoms with Crippen molar-refractivity contribution in [3.8, 4) is 0 Å². The van der Waals surface area contributed by atoms with E-state index in [-0.39, 0.29) is 11.5 Å². The van der Waals surface area contributed by atoms with Gasteiger partial charge < -0.3 is 5.11 Å².